The van der Waals surface area contributed by atoms with Crippen molar-refractivity contribution in [3.8, 4) is 17.4 Å². The second-order valence-electron chi connectivity index (χ2n) is 6.52. The highest BCUT2D eigenvalue weighted by Crippen LogP contribution is 2.32. The smallest absolute Gasteiger partial charge is 0.243 e. The molecule has 1 aromatic heterocycles. The van der Waals surface area contributed by atoms with Crippen LogP contribution in [-0.4, -0.2) is 70.2 Å². The molecule has 1 saturated heterocycles. The lowest BCUT2D eigenvalue weighted by Crippen LogP contribution is -2.31. The van der Waals surface area contributed by atoms with E-state index in [-0.39, 0.29) is 17.5 Å². The number of benzene rings is 1. The topological polar surface area (TPSA) is 94.1 Å². The number of hydrogen-bond donors (Lipinski definition) is 0. The Bertz CT molecular complexity index is 935. The van der Waals surface area contributed by atoms with E-state index in [1.165, 1.54) is 36.9 Å². The van der Waals surface area contributed by atoms with Crippen LogP contribution in [0.3, 0.4) is 0 Å². The van der Waals surface area contributed by atoms with Crippen molar-refractivity contribution in [1.82, 2.24) is 14.3 Å². The Morgan fingerprint density at radius 3 is 2.57 bits per heavy atom. The van der Waals surface area contributed by atoms with Gasteiger partial charge >= 0.3 is 0 Å². The van der Waals surface area contributed by atoms with E-state index in [1.54, 1.807) is 12.3 Å². The van der Waals surface area contributed by atoms with Crippen LogP contribution in [0.15, 0.2) is 35.5 Å². The summed E-state index contributed by atoms with van der Waals surface area (Å²) >= 11 is 0. The summed E-state index contributed by atoms with van der Waals surface area (Å²) in [5, 5.41) is 0. The highest BCUT2D eigenvalue weighted by atomic mass is 32.2. The maximum Gasteiger partial charge on any atom is 0.243 e. The molecule has 10 heteroatoms. The molecule has 1 aliphatic rings. The van der Waals surface area contributed by atoms with Crippen LogP contribution in [0.2, 0.25) is 0 Å². The Morgan fingerprint density at radius 2 is 1.89 bits per heavy atom. The SMILES string of the molecule is COc1ccc(S(=O)(=O)N2CCC(Oc3cncc(N(C)C)n3)C2)cc1OC. The van der Waals surface area contributed by atoms with Gasteiger partial charge in [0.25, 0.3) is 0 Å². The van der Waals surface area contributed by atoms with Crippen molar-refractivity contribution in [2.24, 2.45) is 0 Å². The zero-order chi connectivity index (χ0) is 20.3. The Kier molecular flexibility index (Phi) is 5.90. The summed E-state index contributed by atoms with van der Waals surface area (Å²) in [7, 11) is 3.03. The standard InChI is InChI=1S/C18H24N4O5S/c1-21(2)17-10-19-11-18(20-17)27-13-7-8-22(12-13)28(23,24)14-5-6-15(25-3)16(9-14)26-4/h5-6,9-11,13H,7-8,12H2,1-4H3. The predicted octanol–water partition coefficient (Wildman–Crippen LogP) is 1.40. The second-order valence-corrected chi connectivity index (χ2v) is 8.46. The zero-order valence-electron chi connectivity index (χ0n) is 16.3. The molecular weight excluding hydrogens is 384 g/mol. The number of aromatic nitrogens is 2. The fourth-order valence-corrected chi connectivity index (χ4v) is 4.42. The molecule has 0 amide bonds. The summed E-state index contributed by atoms with van der Waals surface area (Å²) in [6, 6.07) is 4.56. The average molecular weight is 408 g/mol. The molecule has 152 valence electrons. The lowest BCUT2D eigenvalue weighted by Gasteiger charge is -2.18. The molecule has 0 spiro atoms. The molecule has 1 atom stereocenters. The molecule has 0 N–H and O–H groups in total. The van der Waals surface area contributed by atoms with E-state index in [4.69, 9.17) is 14.2 Å². The summed E-state index contributed by atoms with van der Waals surface area (Å²) in [5.41, 5.74) is 0. The van der Waals surface area contributed by atoms with Gasteiger partial charge in [-0.25, -0.2) is 8.42 Å². The van der Waals surface area contributed by atoms with Gasteiger partial charge in [-0.15, -0.1) is 0 Å². The van der Waals surface area contributed by atoms with Gasteiger partial charge in [0.1, 0.15) is 6.10 Å². The van der Waals surface area contributed by atoms with Crippen LogP contribution in [0.25, 0.3) is 0 Å². The molecule has 9 nitrogen and oxygen atoms in total. The fourth-order valence-electron chi connectivity index (χ4n) is 2.92. The van der Waals surface area contributed by atoms with Crippen LogP contribution in [0, 0.1) is 0 Å². The van der Waals surface area contributed by atoms with Crippen molar-refractivity contribution in [3.63, 3.8) is 0 Å². The first-order valence-electron chi connectivity index (χ1n) is 8.73. The number of sulfonamides is 1. The number of nitrogens with zero attached hydrogens (tertiary/aromatic N) is 4. The van der Waals surface area contributed by atoms with Gasteiger partial charge in [0.2, 0.25) is 15.9 Å². The molecule has 2 heterocycles. The summed E-state index contributed by atoms with van der Waals surface area (Å²) in [4.78, 5) is 10.5. The molecule has 2 aromatic rings. The average Bonchev–Trinajstić information content (AvgIpc) is 3.16. The summed E-state index contributed by atoms with van der Waals surface area (Å²) in [5.74, 6) is 1.89. The summed E-state index contributed by atoms with van der Waals surface area (Å²) < 4.78 is 43.6. The Morgan fingerprint density at radius 1 is 1.14 bits per heavy atom. The number of anilines is 1. The molecule has 0 aliphatic carbocycles. The van der Waals surface area contributed by atoms with Gasteiger partial charge in [0, 0.05) is 26.7 Å². The molecule has 1 fully saturated rings. The molecule has 1 aliphatic heterocycles. The van der Waals surface area contributed by atoms with Crippen LogP contribution in [0.1, 0.15) is 6.42 Å². The van der Waals surface area contributed by atoms with E-state index >= 15 is 0 Å². The largest absolute Gasteiger partial charge is 0.493 e. The minimum Gasteiger partial charge on any atom is -0.493 e. The van der Waals surface area contributed by atoms with E-state index in [9.17, 15) is 8.42 Å². The monoisotopic (exact) mass is 408 g/mol. The second kappa shape index (κ2) is 8.19. The van der Waals surface area contributed by atoms with E-state index < -0.39 is 10.0 Å². The first-order chi connectivity index (χ1) is 13.3. The fraction of sp³-hybridized carbons (Fsp3) is 0.444. The minimum atomic E-state index is -3.67. The summed E-state index contributed by atoms with van der Waals surface area (Å²) in [6.07, 6.45) is 3.44. The molecule has 0 radical (unpaired) electrons. The minimum absolute atomic E-state index is 0.153. The third-order valence-electron chi connectivity index (χ3n) is 4.45. The highest BCUT2D eigenvalue weighted by Gasteiger charge is 2.34. The van der Waals surface area contributed by atoms with Crippen LogP contribution in [0.4, 0.5) is 5.82 Å². The first kappa shape index (κ1) is 20.2. The molecular formula is C18H24N4O5S. The van der Waals surface area contributed by atoms with Crippen molar-refractivity contribution >= 4 is 15.8 Å². The van der Waals surface area contributed by atoms with E-state index in [2.05, 4.69) is 9.97 Å². The van der Waals surface area contributed by atoms with Crippen molar-refractivity contribution in [1.29, 1.82) is 0 Å². The number of ether oxygens (including phenoxy) is 3. The van der Waals surface area contributed by atoms with Crippen LogP contribution in [0.5, 0.6) is 17.4 Å². The maximum absolute atomic E-state index is 13.0. The lowest BCUT2D eigenvalue weighted by atomic mass is 10.3. The molecule has 1 unspecified atom stereocenters. The number of hydrogen-bond acceptors (Lipinski definition) is 8. The normalized spacial score (nSPS) is 17.4. The van der Waals surface area contributed by atoms with Crippen LogP contribution in [-0.2, 0) is 10.0 Å². The van der Waals surface area contributed by atoms with Gasteiger partial charge in [-0.05, 0) is 18.6 Å². The van der Waals surface area contributed by atoms with Gasteiger partial charge < -0.3 is 19.1 Å². The van der Waals surface area contributed by atoms with Gasteiger partial charge in [0.15, 0.2) is 17.3 Å². The van der Waals surface area contributed by atoms with Crippen molar-refractivity contribution in [2.45, 2.75) is 17.4 Å². The van der Waals surface area contributed by atoms with Crippen LogP contribution < -0.4 is 19.1 Å². The van der Waals surface area contributed by atoms with Crippen molar-refractivity contribution in [3.05, 3.63) is 30.6 Å². The number of rotatable bonds is 7. The zero-order valence-corrected chi connectivity index (χ0v) is 17.1. The van der Waals surface area contributed by atoms with Gasteiger partial charge in [-0.2, -0.15) is 9.29 Å². The van der Waals surface area contributed by atoms with E-state index in [0.29, 0.717) is 36.2 Å². The Labute approximate surface area is 164 Å². The van der Waals surface area contributed by atoms with Gasteiger partial charge in [-0.1, -0.05) is 0 Å². The van der Waals surface area contributed by atoms with Crippen LogP contribution >= 0.6 is 0 Å². The van der Waals surface area contributed by atoms with E-state index in [0.717, 1.165) is 0 Å². The molecule has 3 rings (SSSR count). The lowest BCUT2D eigenvalue weighted by molar-refractivity contribution is 0.206. The van der Waals surface area contributed by atoms with E-state index in [1.807, 2.05) is 19.0 Å². The summed E-state index contributed by atoms with van der Waals surface area (Å²) in [6.45, 7) is 0.604. The van der Waals surface area contributed by atoms with Gasteiger partial charge in [0.05, 0.1) is 38.1 Å². The third kappa shape index (κ3) is 4.12. The van der Waals surface area contributed by atoms with Crippen molar-refractivity contribution < 1.29 is 22.6 Å². The maximum atomic E-state index is 13.0. The quantitative estimate of drug-likeness (QED) is 0.679. The Balaban J connectivity index is 1.73. The molecule has 1 aromatic carbocycles. The highest BCUT2D eigenvalue weighted by molar-refractivity contribution is 7.89. The molecule has 28 heavy (non-hydrogen) atoms. The predicted molar refractivity (Wildman–Crippen MR) is 104 cm³/mol. The third-order valence-corrected chi connectivity index (χ3v) is 6.31. The van der Waals surface area contributed by atoms with Crippen molar-refractivity contribution in [2.75, 3.05) is 46.3 Å². The molecule has 0 bridgehead atoms. The molecule has 0 saturated carbocycles. The first-order valence-corrected chi connectivity index (χ1v) is 10.2. The van der Waals surface area contributed by atoms with Gasteiger partial charge in [-0.3, -0.25) is 4.98 Å². The Hall–Kier alpha value is -2.59. The number of methoxy groups -OCH3 is 2.